The van der Waals surface area contributed by atoms with Gasteiger partial charge in [-0.3, -0.25) is 0 Å². The monoisotopic (exact) mass is 253 g/mol. The standard InChI is InChI=1S/C12H10F3N3/c13-12(14,15)8-3-1-4-9(7-8)17-11-6-2-5-10(16)18-11/h1-7H,(H3,16,17,18). The van der Waals surface area contributed by atoms with Gasteiger partial charge < -0.3 is 11.1 Å². The van der Waals surface area contributed by atoms with E-state index in [4.69, 9.17) is 5.73 Å². The summed E-state index contributed by atoms with van der Waals surface area (Å²) >= 11 is 0. The largest absolute Gasteiger partial charge is 0.416 e. The summed E-state index contributed by atoms with van der Waals surface area (Å²) < 4.78 is 37.5. The zero-order valence-corrected chi connectivity index (χ0v) is 9.20. The summed E-state index contributed by atoms with van der Waals surface area (Å²) in [6.45, 7) is 0. The maximum atomic E-state index is 12.5. The van der Waals surface area contributed by atoms with E-state index >= 15 is 0 Å². The van der Waals surface area contributed by atoms with Crippen LogP contribution in [0.3, 0.4) is 0 Å². The molecule has 94 valence electrons. The van der Waals surface area contributed by atoms with Gasteiger partial charge in [0.05, 0.1) is 5.56 Å². The SMILES string of the molecule is Nc1cccc(Nc2cccc(C(F)(F)F)c2)n1. The van der Waals surface area contributed by atoms with Gasteiger partial charge in [-0.25, -0.2) is 4.98 Å². The van der Waals surface area contributed by atoms with E-state index in [-0.39, 0.29) is 0 Å². The van der Waals surface area contributed by atoms with Crippen molar-refractivity contribution < 1.29 is 13.2 Å². The molecule has 0 aliphatic carbocycles. The fraction of sp³-hybridized carbons (Fsp3) is 0.0833. The number of pyridine rings is 1. The first-order chi connectivity index (χ1) is 8.45. The topological polar surface area (TPSA) is 50.9 Å². The molecule has 0 amide bonds. The van der Waals surface area contributed by atoms with E-state index in [0.717, 1.165) is 12.1 Å². The molecule has 0 saturated heterocycles. The number of alkyl halides is 3. The van der Waals surface area contributed by atoms with Crippen molar-refractivity contribution in [3.8, 4) is 0 Å². The first-order valence-corrected chi connectivity index (χ1v) is 5.12. The maximum absolute atomic E-state index is 12.5. The Balaban J connectivity index is 2.25. The molecule has 2 rings (SSSR count). The molecule has 0 saturated carbocycles. The van der Waals surface area contributed by atoms with Gasteiger partial charge in [-0.15, -0.1) is 0 Å². The van der Waals surface area contributed by atoms with E-state index in [2.05, 4.69) is 10.3 Å². The molecule has 1 aromatic heterocycles. The Bertz CT molecular complexity index is 552. The fourth-order valence-corrected chi connectivity index (χ4v) is 1.44. The van der Waals surface area contributed by atoms with Crippen LogP contribution >= 0.6 is 0 Å². The van der Waals surface area contributed by atoms with Crippen LogP contribution in [-0.2, 0) is 6.18 Å². The lowest BCUT2D eigenvalue weighted by molar-refractivity contribution is -0.137. The Hall–Kier alpha value is -2.24. The summed E-state index contributed by atoms with van der Waals surface area (Å²) in [6.07, 6.45) is -4.36. The van der Waals surface area contributed by atoms with Crippen LogP contribution in [-0.4, -0.2) is 4.98 Å². The second kappa shape index (κ2) is 4.56. The lowest BCUT2D eigenvalue weighted by Gasteiger charge is -2.10. The minimum Gasteiger partial charge on any atom is -0.384 e. The average Bonchev–Trinajstić information content (AvgIpc) is 2.28. The Morgan fingerprint density at radius 3 is 2.44 bits per heavy atom. The minimum absolute atomic E-state index is 0.298. The normalized spacial score (nSPS) is 11.3. The average molecular weight is 253 g/mol. The Kier molecular flexibility index (Phi) is 3.10. The second-order valence-corrected chi connectivity index (χ2v) is 3.65. The van der Waals surface area contributed by atoms with E-state index < -0.39 is 11.7 Å². The number of aromatic nitrogens is 1. The molecule has 1 heterocycles. The van der Waals surface area contributed by atoms with Gasteiger partial charge in [-0.1, -0.05) is 12.1 Å². The number of benzene rings is 1. The van der Waals surface area contributed by atoms with Crippen molar-refractivity contribution in [2.24, 2.45) is 0 Å². The van der Waals surface area contributed by atoms with Crippen molar-refractivity contribution in [3.05, 3.63) is 48.0 Å². The molecule has 0 aliphatic heterocycles. The molecular formula is C12H10F3N3. The summed E-state index contributed by atoms with van der Waals surface area (Å²) in [5.41, 5.74) is 5.08. The lowest BCUT2D eigenvalue weighted by atomic mass is 10.2. The van der Waals surface area contributed by atoms with Gasteiger partial charge in [0.25, 0.3) is 0 Å². The van der Waals surface area contributed by atoms with Gasteiger partial charge in [0.2, 0.25) is 0 Å². The van der Waals surface area contributed by atoms with E-state index in [0.29, 0.717) is 17.3 Å². The molecule has 0 spiro atoms. The van der Waals surface area contributed by atoms with Crippen molar-refractivity contribution in [1.82, 2.24) is 4.98 Å². The fourth-order valence-electron chi connectivity index (χ4n) is 1.44. The van der Waals surface area contributed by atoms with Gasteiger partial charge in [-0.05, 0) is 30.3 Å². The van der Waals surface area contributed by atoms with Crippen molar-refractivity contribution in [1.29, 1.82) is 0 Å². The van der Waals surface area contributed by atoms with Crippen LogP contribution in [0.5, 0.6) is 0 Å². The van der Waals surface area contributed by atoms with Crippen molar-refractivity contribution in [2.75, 3.05) is 11.1 Å². The van der Waals surface area contributed by atoms with Gasteiger partial charge in [0.15, 0.2) is 0 Å². The van der Waals surface area contributed by atoms with Crippen LogP contribution < -0.4 is 11.1 Å². The highest BCUT2D eigenvalue weighted by Crippen LogP contribution is 2.31. The van der Waals surface area contributed by atoms with Crippen LogP contribution in [0.2, 0.25) is 0 Å². The lowest BCUT2D eigenvalue weighted by Crippen LogP contribution is -2.05. The molecule has 18 heavy (non-hydrogen) atoms. The highest BCUT2D eigenvalue weighted by Gasteiger charge is 2.30. The predicted octanol–water partition coefficient (Wildman–Crippen LogP) is 3.43. The zero-order valence-electron chi connectivity index (χ0n) is 9.20. The molecule has 1 aromatic carbocycles. The molecular weight excluding hydrogens is 243 g/mol. The summed E-state index contributed by atoms with van der Waals surface area (Å²) in [4.78, 5) is 3.95. The summed E-state index contributed by atoms with van der Waals surface area (Å²) in [5.74, 6) is 0.696. The van der Waals surface area contributed by atoms with Gasteiger partial charge >= 0.3 is 6.18 Å². The van der Waals surface area contributed by atoms with Gasteiger partial charge in [-0.2, -0.15) is 13.2 Å². The summed E-state index contributed by atoms with van der Waals surface area (Å²) in [7, 11) is 0. The Morgan fingerprint density at radius 1 is 1.06 bits per heavy atom. The number of hydrogen-bond acceptors (Lipinski definition) is 3. The summed E-state index contributed by atoms with van der Waals surface area (Å²) in [5, 5.41) is 2.77. The number of nitrogen functional groups attached to an aromatic ring is 1. The number of nitrogens with one attached hydrogen (secondary N) is 1. The highest BCUT2D eigenvalue weighted by atomic mass is 19.4. The summed E-state index contributed by atoms with van der Waals surface area (Å²) in [6, 6.07) is 9.77. The molecule has 0 unspecified atom stereocenters. The second-order valence-electron chi connectivity index (χ2n) is 3.65. The van der Waals surface area contributed by atoms with Crippen molar-refractivity contribution >= 4 is 17.3 Å². The van der Waals surface area contributed by atoms with E-state index in [1.54, 1.807) is 18.2 Å². The number of rotatable bonds is 2. The number of halogens is 3. The first-order valence-electron chi connectivity index (χ1n) is 5.12. The molecule has 0 atom stereocenters. The number of anilines is 3. The highest BCUT2D eigenvalue weighted by molar-refractivity contribution is 5.58. The van der Waals surface area contributed by atoms with E-state index in [1.165, 1.54) is 12.1 Å². The third-order valence-electron chi connectivity index (χ3n) is 2.23. The Morgan fingerprint density at radius 2 is 1.78 bits per heavy atom. The zero-order chi connectivity index (χ0) is 13.2. The van der Waals surface area contributed by atoms with Crippen LogP contribution in [0.1, 0.15) is 5.56 Å². The van der Waals surface area contributed by atoms with Gasteiger partial charge in [0, 0.05) is 5.69 Å². The van der Waals surface area contributed by atoms with Crippen molar-refractivity contribution in [3.63, 3.8) is 0 Å². The molecule has 0 aliphatic rings. The van der Waals surface area contributed by atoms with E-state index in [9.17, 15) is 13.2 Å². The number of nitrogens with two attached hydrogens (primary N) is 1. The first kappa shape index (κ1) is 12.2. The van der Waals surface area contributed by atoms with Crippen LogP contribution in [0.4, 0.5) is 30.5 Å². The third-order valence-corrected chi connectivity index (χ3v) is 2.23. The maximum Gasteiger partial charge on any atom is 0.416 e. The molecule has 0 radical (unpaired) electrons. The van der Waals surface area contributed by atoms with Crippen molar-refractivity contribution in [2.45, 2.75) is 6.18 Å². The molecule has 2 aromatic rings. The van der Waals surface area contributed by atoms with E-state index in [1.807, 2.05) is 0 Å². The molecule has 3 N–H and O–H groups in total. The Labute approximate surface area is 101 Å². The molecule has 3 nitrogen and oxygen atoms in total. The number of nitrogens with zero attached hydrogens (tertiary/aromatic N) is 1. The quantitative estimate of drug-likeness (QED) is 0.862. The molecule has 0 bridgehead atoms. The van der Waals surface area contributed by atoms with Crippen LogP contribution in [0.15, 0.2) is 42.5 Å². The van der Waals surface area contributed by atoms with Gasteiger partial charge in [0.1, 0.15) is 11.6 Å². The number of hydrogen-bond donors (Lipinski definition) is 2. The van der Waals surface area contributed by atoms with Crippen LogP contribution in [0.25, 0.3) is 0 Å². The minimum atomic E-state index is -4.36. The predicted molar refractivity (Wildman–Crippen MR) is 63.4 cm³/mol. The smallest absolute Gasteiger partial charge is 0.384 e. The molecule has 0 fully saturated rings. The third kappa shape index (κ3) is 2.91. The molecule has 6 heteroatoms. The van der Waals surface area contributed by atoms with Crippen LogP contribution in [0, 0.1) is 0 Å².